The van der Waals surface area contributed by atoms with Crippen LogP contribution >= 0.6 is 0 Å². The molecule has 0 atom stereocenters. The molecule has 3 aromatic carbocycles. The minimum absolute atomic E-state index is 0.150. The van der Waals surface area contributed by atoms with Gasteiger partial charge in [0.2, 0.25) is 0 Å². The second kappa shape index (κ2) is 12.5. The maximum absolute atomic E-state index is 13.4. The van der Waals surface area contributed by atoms with Gasteiger partial charge >= 0.3 is 6.11 Å². The van der Waals surface area contributed by atoms with Crippen molar-refractivity contribution in [3.05, 3.63) is 89.0 Å². The molecule has 0 spiro atoms. The average molecular weight is 521 g/mol. The van der Waals surface area contributed by atoms with Crippen molar-refractivity contribution in [2.24, 2.45) is 0 Å². The van der Waals surface area contributed by atoms with Crippen molar-refractivity contribution in [1.29, 1.82) is 0 Å². The molecule has 3 nitrogen and oxygen atoms in total. The fraction of sp³-hybridized carbons (Fsp3) is 0.394. The zero-order valence-corrected chi connectivity index (χ0v) is 22.9. The maximum Gasteiger partial charge on any atom is 0.394 e. The maximum atomic E-state index is 13.4. The third-order valence-electron chi connectivity index (χ3n) is 6.92. The summed E-state index contributed by atoms with van der Waals surface area (Å²) in [4.78, 5) is 0. The molecule has 0 saturated heterocycles. The molecule has 0 radical (unpaired) electrons. The number of alkyl halides is 2. The van der Waals surface area contributed by atoms with E-state index in [9.17, 15) is 8.78 Å². The van der Waals surface area contributed by atoms with Gasteiger partial charge in [-0.15, -0.1) is 0 Å². The van der Waals surface area contributed by atoms with Crippen molar-refractivity contribution in [3.63, 3.8) is 0 Å². The van der Waals surface area contributed by atoms with Crippen LogP contribution in [0.3, 0.4) is 0 Å². The molecule has 1 aliphatic carbocycles. The van der Waals surface area contributed by atoms with Crippen molar-refractivity contribution in [1.82, 2.24) is 0 Å². The second-order valence-electron chi connectivity index (χ2n) is 10.0. The third kappa shape index (κ3) is 6.94. The van der Waals surface area contributed by atoms with Crippen LogP contribution in [-0.2, 0) is 6.42 Å². The Kier molecular flexibility index (Phi) is 9.09. The molecular weight excluding hydrogens is 482 g/mol. The lowest BCUT2D eigenvalue weighted by Gasteiger charge is -2.20. The zero-order chi connectivity index (χ0) is 27.1. The number of hydrogen-bond acceptors (Lipinski definition) is 3. The van der Waals surface area contributed by atoms with E-state index in [1.54, 1.807) is 19.2 Å². The van der Waals surface area contributed by atoms with Gasteiger partial charge in [0.25, 0.3) is 0 Å². The Hall–Kier alpha value is -3.34. The van der Waals surface area contributed by atoms with Gasteiger partial charge in [0.1, 0.15) is 17.2 Å². The lowest BCUT2D eigenvalue weighted by Crippen LogP contribution is -2.18. The smallest absolute Gasteiger partial charge is 0.394 e. The van der Waals surface area contributed by atoms with Crippen molar-refractivity contribution >= 4 is 11.1 Å². The summed E-state index contributed by atoms with van der Waals surface area (Å²) in [5.41, 5.74) is 6.85. The molecule has 0 aliphatic heterocycles. The number of ether oxygens (including phenoxy) is 3. The number of aryl methyl sites for hydroxylation is 1. The highest BCUT2D eigenvalue weighted by Crippen LogP contribution is 2.41. The summed E-state index contributed by atoms with van der Waals surface area (Å²) in [5, 5.41) is 0. The first-order valence-electron chi connectivity index (χ1n) is 13.7. The van der Waals surface area contributed by atoms with Crippen LogP contribution in [0.4, 0.5) is 8.78 Å². The fourth-order valence-corrected chi connectivity index (χ4v) is 5.24. The van der Waals surface area contributed by atoms with Gasteiger partial charge in [0, 0.05) is 6.92 Å². The van der Waals surface area contributed by atoms with Crippen molar-refractivity contribution in [3.8, 4) is 17.2 Å². The molecular formula is C33H38F2O3. The van der Waals surface area contributed by atoms with E-state index in [2.05, 4.69) is 50.2 Å². The third-order valence-corrected chi connectivity index (χ3v) is 6.92. The first-order chi connectivity index (χ1) is 18.3. The molecule has 0 unspecified atom stereocenters. The number of methoxy groups -OCH3 is 1. The molecule has 0 heterocycles. The molecule has 0 bridgehead atoms. The van der Waals surface area contributed by atoms with Gasteiger partial charge in [0.05, 0.1) is 13.2 Å². The Balaban J connectivity index is 1.76. The van der Waals surface area contributed by atoms with E-state index < -0.39 is 6.11 Å². The number of halogens is 2. The van der Waals surface area contributed by atoms with E-state index in [-0.39, 0.29) is 11.9 Å². The normalized spacial score (nSPS) is 13.8. The highest BCUT2D eigenvalue weighted by molar-refractivity contribution is 6.00. The molecule has 5 heteroatoms. The first-order valence-corrected chi connectivity index (χ1v) is 13.7. The predicted molar refractivity (Wildman–Crippen MR) is 150 cm³/mol. The highest BCUT2D eigenvalue weighted by atomic mass is 19.3. The molecule has 38 heavy (non-hydrogen) atoms. The van der Waals surface area contributed by atoms with Gasteiger partial charge in [-0.05, 0) is 102 Å². The molecule has 0 saturated carbocycles. The van der Waals surface area contributed by atoms with Gasteiger partial charge in [-0.3, -0.25) is 0 Å². The van der Waals surface area contributed by atoms with Crippen LogP contribution in [0.15, 0.2) is 66.7 Å². The van der Waals surface area contributed by atoms with Crippen LogP contribution < -0.4 is 14.2 Å². The summed E-state index contributed by atoms with van der Waals surface area (Å²) < 4.78 is 43.3. The van der Waals surface area contributed by atoms with Gasteiger partial charge in [-0.2, -0.15) is 8.78 Å². The lowest BCUT2D eigenvalue weighted by molar-refractivity contribution is -0.158. The number of benzene rings is 3. The van der Waals surface area contributed by atoms with Gasteiger partial charge in [-0.25, -0.2) is 0 Å². The number of allylic oxidation sites excluding steroid dienone is 1. The molecule has 0 aromatic heterocycles. The minimum atomic E-state index is -3.22. The Morgan fingerprint density at radius 3 is 2.00 bits per heavy atom. The Morgan fingerprint density at radius 1 is 0.789 bits per heavy atom. The predicted octanol–water partition coefficient (Wildman–Crippen LogP) is 9.33. The van der Waals surface area contributed by atoms with E-state index in [0.717, 1.165) is 80.1 Å². The topological polar surface area (TPSA) is 27.7 Å². The summed E-state index contributed by atoms with van der Waals surface area (Å²) in [6.07, 6.45) is 4.06. The summed E-state index contributed by atoms with van der Waals surface area (Å²) >= 11 is 0. The van der Waals surface area contributed by atoms with Crippen LogP contribution in [-0.4, -0.2) is 19.3 Å². The van der Waals surface area contributed by atoms with Crippen LogP contribution in [0, 0.1) is 0 Å². The van der Waals surface area contributed by atoms with E-state index in [4.69, 9.17) is 14.2 Å². The van der Waals surface area contributed by atoms with Crippen LogP contribution in [0.1, 0.15) is 81.5 Å². The summed E-state index contributed by atoms with van der Waals surface area (Å²) in [6.45, 7) is 5.13. The van der Waals surface area contributed by atoms with Crippen LogP contribution in [0.2, 0.25) is 0 Å². The summed E-state index contributed by atoms with van der Waals surface area (Å²) in [6, 6.07) is 21.6. The average Bonchev–Trinajstić information content (AvgIpc) is 3.08. The molecule has 202 valence electrons. The van der Waals surface area contributed by atoms with Crippen LogP contribution in [0.5, 0.6) is 17.2 Å². The molecule has 0 amide bonds. The van der Waals surface area contributed by atoms with Crippen molar-refractivity contribution < 1.29 is 23.0 Å². The van der Waals surface area contributed by atoms with Crippen molar-refractivity contribution in [2.45, 2.75) is 77.9 Å². The van der Waals surface area contributed by atoms with Gasteiger partial charge in [0.15, 0.2) is 0 Å². The number of fused-ring (bicyclic) bond motifs is 1. The lowest BCUT2D eigenvalue weighted by atomic mass is 9.88. The zero-order valence-electron chi connectivity index (χ0n) is 22.9. The Morgan fingerprint density at radius 2 is 1.39 bits per heavy atom. The Labute approximate surface area is 225 Å². The fourth-order valence-electron chi connectivity index (χ4n) is 5.24. The van der Waals surface area contributed by atoms with Crippen molar-refractivity contribution in [2.75, 3.05) is 7.11 Å². The van der Waals surface area contributed by atoms with E-state index in [1.165, 1.54) is 16.7 Å². The van der Waals surface area contributed by atoms with Crippen LogP contribution in [0.25, 0.3) is 11.1 Å². The largest absolute Gasteiger partial charge is 0.497 e. The van der Waals surface area contributed by atoms with Gasteiger partial charge < -0.3 is 14.2 Å². The minimum Gasteiger partial charge on any atom is -0.497 e. The molecule has 4 rings (SSSR count). The van der Waals surface area contributed by atoms with E-state index in [1.807, 2.05) is 18.2 Å². The summed E-state index contributed by atoms with van der Waals surface area (Å²) in [5.74, 6) is 1.88. The van der Waals surface area contributed by atoms with Gasteiger partial charge in [-0.1, -0.05) is 57.0 Å². The quantitative estimate of drug-likeness (QED) is 0.252. The molecule has 3 aromatic rings. The summed E-state index contributed by atoms with van der Waals surface area (Å²) in [7, 11) is 1.69. The SMILES string of the molecule is CCCC(CCC)Oc1ccc(C2=C(c3ccc(OC(C)(F)F)cc3)CCCc3cc(OC)ccc32)cc1. The Bertz CT molecular complexity index is 1220. The second-order valence-corrected chi connectivity index (χ2v) is 10.0. The monoisotopic (exact) mass is 520 g/mol. The van der Waals surface area contributed by atoms with E-state index >= 15 is 0 Å². The number of hydrogen-bond donors (Lipinski definition) is 0. The highest BCUT2D eigenvalue weighted by Gasteiger charge is 2.24. The molecule has 0 fully saturated rings. The molecule has 1 aliphatic rings. The first kappa shape index (κ1) is 27.7. The number of rotatable bonds is 11. The standard InChI is InChI=1S/C33H38F2O3/c1-5-8-26(9-6-2)37-27-16-14-24(15-17-27)32-30(23-12-18-28(19-13-23)38-33(3,34)35)11-7-10-25-22-29(36-4)20-21-31(25)32/h12-22,26H,5-11H2,1-4H3. The molecule has 0 N–H and O–H groups in total. The van der Waals surface area contributed by atoms with E-state index in [0.29, 0.717) is 0 Å².